The second kappa shape index (κ2) is 3.81. The quantitative estimate of drug-likeness (QED) is 0.805. The number of pyridine rings is 1. The zero-order valence-corrected chi connectivity index (χ0v) is 9.36. The van der Waals surface area contributed by atoms with Crippen LogP contribution in [0.1, 0.15) is 31.9 Å². The number of hydrogen-bond donors (Lipinski definition) is 1. The van der Waals surface area contributed by atoms with Crippen LogP contribution >= 0.6 is 0 Å². The number of ether oxygens (including phenoxy) is 1. The molecule has 82 valence electrons. The van der Waals surface area contributed by atoms with Crippen molar-refractivity contribution in [2.75, 3.05) is 7.11 Å². The lowest BCUT2D eigenvalue weighted by Gasteiger charge is -2.25. The van der Waals surface area contributed by atoms with E-state index in [1.165, 1.54) is 6.42 Å². The van der Waals surface area contributed by atoms with E-state index in [1.807, 2.05) is 12.1 Å². The molecule has 1 aliphatic carbocycles. The van der Waals surface area contributed by atoms with E-state index in [-0.39, 0.29) is 5.54 Å². The van der Waals surface area contributed by atoms with Gasteiger partial charge in [-0.2, -0.15) is 0 Å². The minimum Gasteiger partial charge on any atom is -0.495 e. The van der Waals surface area contributed by atoms with Crippen LogP contribution in [-0.4, -0.2) is 12.1 Å². The molecule has 15 heavy (non-hydrogen) atoms. The summed E-state index contributed by atoms with van der Waals surface area (Å²) in [6.45, 7) is 2.24. The summed E-state index contributed by atoms with van der Waals surface area (Å²) >= 11 is 0. The second-order valence-corrected chi connectivity index (χ2v) is 4.56. The Balaban J connectivity index is 2.36. The lowest BCUT2D eigenvalue weighted by atomic mass is 9.92. The van der Waals surface area contributed by atoms with E-state index in [0.29, 0.717) is 5.92 Å². The average Bonchev–Trinajstić information content (AvgIpc) is 2.60. The third kappa shape index (κ3) is 1.84. The summed E-state index contributed by atoms with van der Waals surface area (Å²) in [5.74, 6) is 1.50. The smallest absolute Gasteiger partial charge is 0.142 e. The Morgan fingerprint density at radius 3 is 3.00 bits per heavy atom. The summed E-state index contributed by atoms with van der Waals surface area (Å²) in [6.07, 6.45) is 4.97. The first-order chi connectivity index (χ1) is 7.15. The highest BCUT2D eigenvalue weighted by molar-refractivity contribution is 5.33. The van der Waals surface area contributed by atoms with Crippen LogP contribution < -0.4 is 10.5 Å². The molecule has 2 N–H and O–H groups in total. The van der Waals surface area contributed by atoms with E-state index >= 15 is 0 Å². The van der Waals surface area contributed by atoms with Gasteiger partial charge >= 0.3 is 0 Å². The van der Waals surface area contributed by atoms with Crippen LogP contribution in [0.4, 0.5) is 0 Å². The molecule has 0 spiro atoms. The van der Waals surface area contributed by atoms with Gasteiger partial charge in [0.05, 0.1) is 12.6 Å². The lowest BCUT2D eigenvalue weighted by molar-refractivity contribution is 0.365. The summed E-state index contributed by atoms with van der Waals surface area (Å²) in [7, 11) is 1.67. The number of hydrogen-bond acceptors (Lipinski definition) is 3. The van der Waals surface area contributed by atoms with Crippen molar-refractivity contribution < 1.29 is 4.74 Å². The molecule has 1 heterocycles. The molecular weight excluding hydrogens is 188 g/mol. The highest BCUT2D eigenvalue weighted by Gasteiger charge is 2.38. The molecule has 2 unspecified atom stereocenters. The Bertz CT molecular complexity index is 353. The third-order valence-electron chi connectivity index (χ3n) is 3.26. The number of aromatic nitrogens is 1. The SMILES string of the molecule is COc1cccnc1C1(N)CCC(C)C1. The Kier molecular flexibility index (Phi) is 2.65. The molecule has 2 rings (SSSR count). The molecule has 3 heteroatoms. The lowest BCUT2D eigenvalue weighted by Crippen LogP contribution is -2.35. The van der Waals surface area contributed by atoms with Crippen molar-refractivity contribution in [3.05, 3.63) is 24.0 Å². The second-order valence-electron chi connectivity index (χ2n) is 4.56. The molecule has 3 nitrogen and oxygen atoms in total. The molecule has 0 radical (unpaired) electrons. The van der Waals surface area contributed by atoms with Gasteiger partial charge in [-0.25, -0.2) is 0 Å². The van der Waals surface area contributed by atoms with Crippen LogP contribution in [0, 0.1) is 5.92 Å². The Labute approximate surface area is 90.7 Å². The molecule has 0 saturated heterocycles. The molecule has 1 aromatic rings. The average molecular weight is 206 g/mol. The van der Waals surface area contributed by atoms with Crippen molar-refractivity contribution in [2.24, 2.45) is 11.7 Å². The molecule has 1 fully saturated rings. The van der Waals surface area contributed by atoms with Crippen LogP contribution in [0.3, 0.4) is 0 Å². The summed E-state index contributed by atoms with van der Waals surface area (Å²) in [6, 6.07) is 3.81. The van der Waals surface area contributed by atoms with Crippen molar-refractivity contribution >= 4 is 0 Å². The zero-order valence-electron chi connectivity index (χ0n) is 9.36. The van der Waals surface area contributed by atoms with E-state index in [1.54, 1.807) is 13.3 Å². The maximum atomic E-state index is 6.40. The minimum absolute atomic E-state index is 0.286. The van der Waals surface area contributed by atoms with Crippen molar-refractivity contribution in [1.82, 2.24) is 4.98 Å². The summed E-state index contributed by atoms with van der Waals surface area (Å²) in [5, 5.41) is 0. The van der Waals surface area contributed by atoms with Gasteiger partial charge in [0.15, 0.2) is 0 Å². The fourth-order valence-electron chi connectivity index (χ4n) is 2.47. The fraction of sp³-hybridized carbons (Fsp3) is 0.583. The maximum absolute atomic E-state index is 6.40. The Hall–Kier alpha value is -1.09. The number of nitrogens with zero attached hydrogens (tertiary/aromatic N) is 1. The van der Waals surface area contributed by atoms with Crippen LogP contribution in [-0.2, 0) is 5.54 Å². The van der Waals surface area contributed by atoms with E-state index in [4.69, 9.17) is 10.5 Å². The molecule has 0 aliphatic heterocycles. The Morgan fingerprint density at radius 2 is 2.40 bits per heavy atom. The van der Waals surface area contributed by atoms with Crippen molar-refractivity contribution in [1.29, 1.82) is 0 Å². The predicted molar refractivity (Wildman–Crippen MR) is 59.7 cm³/mol. The van der Waals surface area contributed by atoms with Gasteiger partial charge in [-0.3, -0.25) is 4.98 Å². The molecule has 1 aromatic heterocycles. The Morgan fingerprint density at radius 1 is 1.60 bits per heavy atom. The topological polar surface area (TPSA) is 48.1 Å². The van der Waals surface area contributed by atoms with Gasteiger partial charge in [-0.15, -0.1) is 0 Å². The summed E-state index contributed by atoms with van der Waals surface area (Å²) < 4.78 is 5.32. The van der Waals surface area contributed by atoms with Gasteiger partial charge in [0, 0.05) is 6.20 Å². The summed E-state index contributed by atoms with van der Waals surface area (Å²) in [4.78, 5) is 4.39. The molecule has 2 atom stereocenters. The highest BCUT2D eigenvalue weighted by Crippen LogP contribution is 2.41. The molecular formula is C12H18N2O. The summed E-state index contributed by atoms with van der Waals surface area (Å²) in [5.41, 5.74) is 7.03. The molecule has 0 aromatic carbocycles. The van der Waals surface area contributed by atoms with E-state index in [2.05, 4.69) is 11.9 Å². The number of methoxy groups -OCH3 is 1. The number of rotatable bonds is 2. The zero-order chi connectivity index (χ0) is 10.9. The van der Waals surface area contributed by atoms with Crippen LogP contribution in [0.15, 0.2) is 18.3 Å². The number of nitrogens with two attached hydrogens (primary N) is 1. The van der Waals surface area contributed by atoms with Gasteiger partial charge in [0.1, 0.15) is 11.4 Å². The molecule has 0 bridgehead atoms. The van der Waals surface area contributed by atoms with Crippen LogP contribution in [0.5, 0.6) is 5.75 Å². The standard InChI is InChI=1S/C12H18N2O/c1-9-5-6-12(13,8-9)11-10(15-2)4-3-7-14-11/h3-4,7,9H,5-6,8,13H2,1-2H3. The van der Waals surface area contributed by atoms with Gasteiger partial charge in [-0.1, -0.05) is 6.92 Å². The highest BCUT2D eigenvalue weighted by atomic mass is 16.5. The maximum Gasteiger partial charge on any atom is 0.142 e. The van der Waals surface area contributed by atoms with Crippen molar-refractivity contribution in [2.45, 2.75) is 31.7 Å². The van der Waals surface area contributed by atoms with E-state index in [9.17, 15) is 0 Å². The molecule has 1 aliphatic rings. The first-order valence-electron chi connectivity index (χ1n) is 5.44. The molecule has 0 amide bonds. The van der Waals surface area contributed by atoms with Crippen LogP contribution in [0.2, 0.25) is 0 Å². The van der Waals surface area contributed by atoms with Gasteiger partial charge in [0.2, 0.25) is 0 Å². The first-order valence-corrected chi connectivity index (χ1v) is 5.44. The van der Waals surface area contributed by atoms with E-state index in [0.717, 1.165) is 24.3 Å². The van der Waals surface area contributed by atoms with Crippen molar-refractivity contribution in [3.8, 4) is 5.75 Å². The fourth-order valence-corrected chi connectivity index (χ4v) is 2.47. The van der Waals surface area contributed by atoms with Gasteiger partial charge in [-0.05, 0) is 37.3 Å². The minimum atomic E-state index is -0.286. The monoisotopic (exact) mass is 206 g/mol. The van der Waals surface area contributed by atoms with Crippen LogP contribution in [0.25, 0.3) is 0 Å². The normalized spacial score (nSPS) is 30.5. The van der Waals surface area contributed by atoms with E-state index < -0.39 is 0 Å². The van der Waals surface area contributed by atoms with Gasteiger partial charge in [0.25, 0.3) is 0 Å². The third-order valence-corrected chi connectivity index (χ3v) is 3.26. The van der Waals surface area contributed by atoms with Crippen molar-refractivity contribution in [3.63, 3.8) is 0 Å². The van der Waals surface area contributed by atoms with Gasteiger partial charge < -0.3 is 10.5 Å². The molecule has 1 saturated carbocycles. The predicted octanol–water partition coefficient (Wildman–Crippen LogP) is 2.06. The largest absolute Gasteiger partial charge is 0.495 e. The first kappa shape index (κ1) is 10.4.